The van der Waals surface area contributed by atoms with Crippen molar-refractivity contribution in [1.82, 2.24) is 14.5 Å². The molecule has 0 saturated carbocycles. The molecule has 5 heteroatoms. The molecule has 22 heavy (non-hydrogen) atoms. The van der Waals surface area contributed by atoms with Gasteiger partial charge in [0.2, 0.25) is 0 Å². The third-order valence-electron chi connectivity index (χ3n) is 4.01. The zero-order chi connectivity index (χ0) is 15.5. The van der Waals surface area contributed by atoms with Crippen LogP contribution in [-0.2, 0) is 24.4 Å². The Bertz CT molecular complexity index is 661. The molecule has 1 aromatic heterocycles. The van der Waals surface area contributed by atoms with Gasteiger partial charge in [0, 0.05) is 25.3 Å². The predicted molar refractivity (Wildman–Crippen MR) is 83.5 cm³/mol. The summed E-state index contributed by atoms with van der Waals surface area (Å²) in [5.41, 5.74) is 3.92. The number of nitrogens with zero attached hydrogens (tertiary/aromatic N) is 3. The van der Waals surface area contributed by atoms with E-state index in [9.17, 15) is 4.79 Å². The van der Waals surface area contributed by atoms with Crippen LogP contribution in [0.4, 0.5) is 0 Å². The van der Waals surface area contributed by atoms with Crippen molar-refractivity contribution < 1.29 is 9.53 Å². The van der Waals surface area contributed by atoms with Crippen LogP contribution >= 0.6 is 0 Å². The lowest BCUT2D eigenvalue weighted by Gasteiger charge is -2.29. The lowest BCUT2D eigenvalue weighted by atomic mass is 10.1. The normalized spacial score (nSPS) is 14.0. The van der Waals surface area contributed by atoms with Gasteiger partial charge in [0.15, 0.2) is 0 Å². The van der Waals surface area contributed by atoms with Gasteiger partial charge in [0.1, 0.15) is 0 Å². The molecule has 2 aromatic rings. The highest BCUT2D eigenvalue weighted by Gasteiger charge is 2.24. The molecule has 0 aliphatic carbocycles. The van der Waals surface area contributed by atoms with E-state index >= 15 is 0 Å². The summed E-state index contributed by atoms with van der Waals surface area (Å²) < 4.78 is 7.58. The van der Waals surface area contributed by atoms with Crippen molar-refractivity contribution in [2.75, 3.05) is 13.2 Å². The largest absolute Gasteiger partial charge is 0.375 e. The zero-order valence-electron chi connectivity index (χ0n) is 13.1. The van der Waals surface area contributed by atoms with Crippen LogP contribution in [0.15, 0.2) is 30.6 Å². The molecule has 1 amide bonds. The number of aromatic nitrogens is 2. The maximum absolute atomic E-state index is 12.6. The van der Waals surface area contributed by atoms with Crippen molar-refractivity contribution in [3.05, 3.63) is 53.1 Å². The number of hydrogen-bond acceptors (Lipinski definition) is 3. The molecule has 0 fully saturated rings. The van der Waals surface area contributed by atoms with Crippen molar-refractivity contribution in [2.24, 2.45) is 0 Å². The minimum absolute atomic E-state index is 0.0785. The molecule has 1 aliphatic heterocycles. The van der Waals surface area contributed by atoms with Gasteiger partial charge in [-0.3, -0.25) is 4.79 Å². The van der Waals surface area contributed by atoms with E-state index in [-0.39, 0.29) is 5.91 Å². The van der Waals surface area contributed by atoms with E-state index in [1.54, 1.807) is 0 Å². The molecule has 0 radical (unpaired) electrons. The third-order valence-corrected chi connectivity index (χ3v) is 4.01. The first kappa shape index (κ1) is 14.8. The standard InChI is InChI=1S/C17H21N3O2/c1-3-22-11-15-16-10-19(8-9-20(16)12-18-15)17(21)14-6-4-13(2)5-7-14/h4-7,12H,3,8-11H2,1-2H3. The molecule has 3 rings (SSSR count). The summed E-state index contributed by atoms with van der Waals surface area (Å²) in [6, 6.07) is 7.74. The molecular formula is C17H21N3O2. The molecular weight excluding hydrogens is 278 g/mol. The molecule has 116 valence electrons. The summed E-state index contributed by atoms with van der Waals surface area (Å²) >= 11 is 0. The van der Waals surface area contributed by atoms with Crippen molar-refractivity contribution in [1.29, 1.82) is 0 Å². The number of carbonyl (C=O) groups is 1. The number of hydrogen-bond donors (Lipinski definition) is 0. The van der Waals surface area contributed by atoms with Crippen LogP contribution in [-0.4, -0.2) is 33.5 Å². The summed E-state index contributed by atoms with van der Waals surface area (Å²) in [6.45, 7) is 7.25. The zero-order valence-corrected chi connectivity index (χ0v) is 13.1. The molecule has 0 unspecified atom stereocenters. The smallest absolute Gasteiger partial charge is 0.254 e. The molecule has 0 spiro atoms. The number of aryl methyl sites for hydroxylation is 1. The van der Waals surface area contributed by atoms with Gasteiger partial charge in [-0.05, 0) is 26.0 Å². The number of benzene rings is 1. The van der Waals surface area contributed by atoms with E-state index in [1.165, 1.54) is 0 Å². The molecule has 5 nitrogen and oxygen atoms in total. The Labute approximate surface area is 130 Å². The minimum Gasteiger partial charge on any atom is -0.375 e. The van der Waals surface area contributed by atoms with Gasteiger partial charge in [0.05, 0.1) is 30.9 Å². The summed E-state index contributed by atoms with van der Waals surface area (Å²) in [5.74, 6) is 0.0785. The minimum atomic E-state index is 0.0785. The average Bonchev–Trinajstić information content (AvgIpc) is 2.95. The van der Waals surface area contributed by atoms with Crippen LogP contribution in [0.2, 0.25) is 0 Å². The van der Waals surface area contributed by atoms with Gasteiger partial charge in [-0.15, -0.1) is 0 Å². The van der Waals surface area contributed by atoms with Gasteiger partial charge >= 0.3 is 0 Å². The molecule has 1 aromatic carbocycles. The number of ether oxygens (including phenoxy) is 1. The fourth-order valence-corrected chi connectivity index (χ4v) is 2.68. The van der Waals surface area contributed by atoms with E-state index < -0.39 is 0 Å². The Morgan fingerprint density at radius 3 is 2.77 bits per heavy atom. The molecule has 0 bridgehead atoms. The molecule has 0 atom stereocenters. The number of amides is 1. The highest BCUT2D eigenvalue weighted by molar-refractivity contribution is 5.94. The Morgan fingerprint density at radius 1 is 1.27 bits per heavy atom. The Morgan fingerprint density at radius 2 is 2.05 bits per heavy atom. The second kappa shape index (κ2) is 6.32. The van der Waals surface area contributed by atoms with Crippen LogP contribution in [0.1, 0.15) is 34.2 Å². The molecule has 0 saturated heterocycles. The van der Waals surface area contributed by atoms with Crippen LogP contribution in [0.5, 0.6) is 0 Å². The first-order chi connectivity index (χ1) is 10.7. The lowest BCUT2D eigenvalue weighted by Crippen LogP contribution is -2.38. The van der Waals surface area contributed by atoms with Crippen molar-refractivity contribution in [3.63, 3.8) is 0 Å². The fourth-order valence-electron chi connectivity index (χ4n) is 2.68. The van der Waals surface area contributed by atoms with Crippen LogP contribution < -0.4 is 0 Å². The second-order valence-electron chi connectivity index (χ2n) is 5.56. The van der Waals surface area contributed by atoms with E-state index in [4.69, 9.17) is 4.74 Å². The molecule has 0 N–H and O–H groups in total. The Kier molecular flexibility index (Phi) is 4.24. The summed E-state index contributed by atoms with van der Waals surface area (Å²) in [5, 5.41) is 0. The number of carbonyl (C=O) groups excluding carboxylic acids is 1. The summed E-state index contributed by atoms with van der Waals surface area (Å²) in [6.07, 6.45) is 1.84. The Hall–Kier alpha value is -2.14. The third kappa shape index (κ3) is 2.90. The first-order valence-electron chi connectivity index (χ1n) is 7.65. The summed E-state index contributed by atoms with van der Waals surface area (Å²) in [7, 11) is 0. The monoisotopic (exact) mass is 299 g/mol. The Balaban J connectivity index is 1.76. The van der Waals surface area contributed by atoms with Crippen molar-refractivity contribution in [2.45, 2.75) is 33.5 Å². The number of fused-ring (bicyclic) bond motifs is 1. The topological polar surface area (TPSA) is 47.4 Å². The number of imidazole rings is 1. The van der Waals surface area contributed by atoms with Crippen LogP contribution in [0, 0.1) is 6.92 Å². The van der Waals surface area contributed by atoms with Gasteiger partial charge < -0.3 is 14.2 Å². The SMILES string of the molecule is CCOCc1ncn2c1CN(C(=O)c1ccc(C)cc1)CC2. The van der Waals surface area contributed by atoms with Crippen molar-refractivity contribution >= 4 is 5.91 Å². The van der Waals surface area contributed by atoms with E-state index in [0.717, 1.165) is 29.1 Å². The number of rotatable bonds is 4. The van der Waals surface area contributed by atoms with Crippen LogP contribution in [0.25, 0.3) is 0 Å². The predicted octanol–water partition coefficient (Wildman–Crippen LogP) is 2.38. The van der Waals surface area contributed by atoms with E-state index in [0.29, 0.717) is 26.3 Å². The second-order valence-corrected chi connectivity index (χ2v) is 5.56. The van der Waals surface area contributed by atoms with Gasteiger partial charge in [-0.1, -0.05) is 17.7 Å². The quantitative estimate of drug-likeness (QED) is 0.871. The van der Waals surface area contributed by atoms with E-state index in [1.807, 2.05) is 49.3 Å². The van der Waals surface area contributed by atoms with E-state index in [2.05, 4.69) is 9.55 Å². The maximum atomic E-state index is 12.6. The maximum Gasteiger partial charge on any atom is 0.254 e. The van der Waals surface area contributed by atoms with Gasteiger partial charge in [-0.25, -0.2) is 4.98 Å². The highest BCUT2D eigenvalue weighted by atomic mass is 16.5. The average molecular weight is 299 g/mol. The van der Waals surface area contributed by atoms with Crippen molar-refractivity contribution in [3.8, 4) is 0 Å². The van der Waals surface area contributed by atoms with Gasteiger partial charge in [-0.2, -0.15) is 0 Å². The van der Waals surface area contributed by atoms with Gasteiger partial charge in [0.25, 0.3) is 5.91 Å². The molecule has 2 heterocycles. The van der Waals surface area contributed by atoms with Crippen LogP contribution in [0.3, 0.4) is 0 Å². The first-order valence-corrected chi connectivity index (χ1v) is 7.65. The molecule has 1 aliphatic rings. The summed E-state index contributed by atoms with van der Waals surface area (Å²) in [4.78, 5) is 18.9. The lowest BCUT2D eigenvalue weighted by molar-refractivity contribution is 0.0706. The fraction of sp³-hybridized carbons (Fsp3) is 0.412. The highest BCUT2D eigenvalue weighted by Crippen LogP contribution is 2.19.